The number of ether oxygens (including phenoxy) is 1. The SMILES string of the molecule is FC(F)(F)c1ccc(Nc2cc(N3CCNCC3)cc(N3CCOCC3)n2)nc1. The van der Waals surface area contributed by atoms with E-state index in [0.717, 1.165) is 63.0 Å². The van der Waals surface area contributed by atoms with Gasteiger partial charge in [-0.2, -0.15) is 13.2 Å². The molecule has 2 aliphatic heterocycles. The third-order valence-corrected chi connectivity index (χ3v) is 4.96. The van der Waals surface area contributed by atoms with Crippen molar-refractivity contribution in [1.29, 1.82) is 0 Å². The van der Waals surface area contributed by atoms with Crippen molar-refractivity contribution in [3.63, 3.8) is 0 Å². The average molecular weight is 408 g/mol. The standard InChI is InChI=1S/C19H23F3N6O/c20-19(21,22)14-1-2-16(24-13-14)25-17-11-15(27-5-3-23-4-6-27)12-18(26-17)28-7-9-29-10-8-28/h1-2,11-13,23H,3-10H2,(H,24,25,26). The van der Waals surface area contributed by atoms with E-state index in [4.69, 9.17) is 4.74 Å². The molecule has 2 aliphatic rings. The van der Waals surface area contributed by atoms with Crippen molar-refractivity contribution >= 4 is 23.1 Å². The zero-order valence-electron chi connectivity index (χ0n) is 15.9. The second-order valence-electron chi connectivity index (χ2n) is 6.96. The Morgan fingerprint density at radius 2 is 1.72 bits per heavy atom. The zero-order chi connectivity index (χ0) is 20.3. The van der Waals surface area contributed by atoms with Crippen LogP contribution in [0.4, 0.5) is 36.3 Å². The predicted molar refractivity (Wildman–Crippen MR) is 105 cm³/mol. The smallest absolute Gasteiger partial charge is 0.378 e. The first-order valence-electron chi connectivity index (χ1n) is 9.60. The largest absolute Gasteiger partial charge is 0.417 e. The highest BCUT2D eigenvalue weighted by atomic mass is 19.4. The number of morpholine rings is 1. The molecule has 2 fully saturated rings. The molecular weight excluding hydrogens is 385 g/mol. The fourth-order valence-electron chi connectivity index (χ4n) is 3.39. The molecule has 7 nitrogen and oxygen atoms in total. The second kappa shape index (κ2) is 8.42. The van der Waals surface area contributed by atoms with Crippen molar-refractivity contribution in [2.24, 2.45) is 0 Å². The molecule has 10 heteroatoms. The first-order valence-corrected chi connectivity index (χ1v) is 9.60. The first kappa shape index (κ1) is 19.7. The van der Waals surface area contributed by atoms with Crippen LogP contribution >= 0.6 is 0 Å². The lowest BCUT2D eigenvalue weighted by Crippen LogP contribution is -2.43. The van der Waals surface area contributed by atoms with Crippen LogP contribution < -0.4 is 20.4 Å². The van der Waals surface area contributed by atoms with Crippen molar-refractivity contribution in [2.45, 2.75) is 6.18 Å². The number of anilines is 4. The molecule has 2 aromatic heterocycles. The maximum Gasteiger partial charge on any atom is 0.417 e. The van der Waals surface area contributed by atoms with Crippen molar-refractivity contribution < 1.29 is 17.9 Å². The summed E-state index contributed by atoms with van der Waals surface area (Å²) in [7, 11) is 0. The maximum absolute atomic E-state index is 12.8. The van der Waals surface area contributed by atoms with Gasteiger partial charge in [-0.15, -0.1) is 0 Å². The number of nitrogens with zero attached hydrogens (tertiary/aromatic N) is 4. The van der Waals surface area contributed by atoms with Gasteiger partial charge in [-0.3, -0.25) is 0 Å². The quantitative estimate of drug-likeness (QED) is 0.806. The van der Waals surface area contributed by atoms with Crippen molar-refractivity contribution in [1.82, 2.24) is 15.3 Å². The average Bonchev–Trinajstić information content (AvgIpc) is 2.74. The monoisotopic (exact) mass is 408 g/mol. The predicted octanol–water partition coefficient (Wildman–Crippen LogP) is 2.49. The minimum Gasteiger partial charge on any atom is -0.378 e. The lowest BCUT2D eigenvalue weighted by atomic mass is 10.2. The van der Waals surface area contributed by atoms with Crippen molar-refractivity contribution in [3.8, 4) is 0 Å². The summed E-state index contributed by atoms with van der Waals surface area (Å²) in [5.74, 6) is 1.68. The summed E-state index contributed by atoms with van der Waals surface area (Å²) in [6.45, 7) is 6.34. The van der Waals surface area contributed by atoms with Crippen LogP contribution in [0.2, 0.25) is 0 Å². The third kappa shape index (κ3) is 4.88. The summed E-state index contributed by atoms with van der Waals surface area (Å²) in [5.41, 5.74) is 0.247. The maximum atomic E-state index is 12.8. The van der Waals surface area contributed by atoms with E-state index in [1.165, 1.54) is 6.07 Å². The van der Waals surface area contributed by atoms with Gasteiger partial charge < -0.3 is 25.2 Å². The molecule has 0 aliphatic carbocycles. The van der Waals surface area contributed by atoms with E-state index < -0.39 is 11.7 Å². The number of rotatable bonds is 4. The molecule has 4 rings (SSSR count). The van der Waals surface area contributed by atoms with Crippen LogP contribution in [0.15, 0.2) is 30.5 Å². The molecule has 0 amide bonds. The molecule has 4 heterocycles. The molecule has 0 bridgehead atoms. The van der Waals surface area contributed by atoms with Crippen molar-refractivity contribution in [2.75, 3.05) is 67.6 Å². The molecule has 0 aromatic carbocycles. The summed E-state index contributed by atoms with van der Waals surface area (Å²) in [6, 6.07) is 6.30. The van der Waals surface area contributed by atoms with Gasteiger partial charge in [0, 0.05) is 63.3 Å². The van der Waals surface area contributed by atoms with Gasteiger partial charge in [0.15, 0.2) is 0 Å². The zero-order valence-corrected chi connectivity index (χ0v) is 15.9. The van der Waals surface area contributed by atoms with E-state index in [-0.39, 0.29) is 0 Å². The summed E-state index contributed by atoms with van der Waals surface area (Å²) < 4.78 is 43.7. The summed E-state index contributed by atoms with van der Waals surface area (Å²) in [6.07, 6.45) is -3.58. The molecule has 2 N–H and O–H groups in total. The third-order valence-electron chi connectivity index (χ3n) is 4.96. The number of hydrogen-bond donors (Lipinski definition) is 2. The Bertz CT molecular complexity index is 781. The topological polar surface area (TPSA) is 65.5 Å². The number of alkyl halides is 3. The van der Waals surface area contributed by atoms with Gasteiger partial charge >= 0.3 is 6.18 Å². The van der Waals surface area contributed by atoms with Crippen LogP contribution in [0.1, 0.15) is 5.56 Å². The molecule has 2 saturated heterocycles. The Morgan fingerprint density at radius 1 is 0.966 bits per heavy atom. The molecule has 0 radical (unpaired) electrons. The number of aromatic nitrogens is 2. The second-order valence-corrected chi connectivity index (χ2v) is 6.96. The molecule has 156 valence electrons. The van der Waals surface area contributed by atoms with E-state index in [1.54, 1.807) is 0 Å². The number of halogens is 3. The van der Waals surface area contributed by atoms with E-state index in [2.05, 4.69) is 36.5 Å². The lowest BCUT2D eigenvalue weighted by molar-refractivity contribution is -0.137. The molecule has 29 heavy (non-hydrogen) atoms. The molecule has 0 saturated carbocycles. The number of nitrogens with one attached hydrogen (secondary N) is 2. The summed E-state index contributed by atoms with van der Waals surface area (Å²) in [4.78, 5) is 13.0. The number of hydrogen-bond acceptors (Lipinski definition) is 7. The van der Waals surface area contributed by atoms with E-state index in [1.807, 2.05) is 6.07 Å². The van der Waals surface area contributed by atoms with Crippen LogP contribution in [0.25, 0.3) is 0 Å². The summed E-state index contributed by atoms with van der Waals surface area (Å²) in [5, 5.41) is 6.38. The van der Waals surface area contributed by atoms with Gasteiger partial charge in [0.25, 0.3) is 0 Å². The van der Waals surface area contributed by atoms with Crippen LogP contribution in [0.5, 0.6) is 0 Å². The highest BCUT2D eigenvalue weighted by Gasteiger charge is 2.30. The fraction of sp³-hybridized carbons (Fsp3) is 0.474. The van der Waals surface area contributed by atoms with Crippen LogP contribution in [0, 0.1) is 0 Å². The Kier molecular flexibility index (Phi) is 5.72. The first-order chi connectivity index (χ1) is 14.0. The Morgan fingerprint density at radius 3 is 2.38 bits per heavy atom. The van der Waals surface area contributed by atoms with Crippen LogP contribution in [-0.4, -0.2) is 62.5 Å². The van der Waals surface area contributed by atoms with Gasteiger partial charge in [-0.1, -0.05) is 0 Å². The highest BCUT2D eigenvalue weighted by molar-refractivity contribution is 5.65. The van der Waals surface area contributed by atoms with Crippen LogP contribution in [0.3, 0.4) is 0 Å². The molecule has 2 aromatic rings. The molecule has 0 atom stereocenters. The number of piperazine rings is 1. The van der Waals surface area contributed by atoms with Gasteiger partial charge in [-0.05, 0) is 12.1 Å². The lowest BCUT2D eigenvalue weighted by Gasteiger charge is -2.32. The van der Waals surface area contributed by atoms with Crippen LogP contribution in [-0.2, 0) is 10.9 Å². The van der Waals surface area contributed by atoms with Gasteiger partial charge in [0.1, 0.15) is 17.5 Å². The molecule has 0 unspecified atom stereocenters. The molecular formula is C19H23F3N6O. The fourth-order valence-corrected chi connectivity index (χ4v) is 3.39. The van der Waals surface area contributed by atoms with Gasteiger partial charge in [-0.25, -0.2) is 9.97 Å². The van der Waals surface area contributed by atoms with Crippen molar-refractivity contribution in [3.05, 3.63) is 36.0 Å². The van der Waals surface area contributed by atoms with Gasteiger partial charge in [0.2, 0.25) is 0 Å². The normalized spacial score (nSPS) is 18.0. The Labute approximate surface area is 166 Å². The van der Waals surface area contributed by atoms with E-state index in [9.17, 15) is 13.2 Å². The number of pyridine rings is 2. The Hall–Kier alpha value is -2.59. The van der Waals surface area contributed by atoms with E-state index in [0.29, 0.717) is 24.8 Å². The molecule has 0 spiro atoms. The van der Waals surface area contributed by atoms with E-state index >= 15 is 0 Å². The minimum atomic E-state index is -4.41. The Balaban J connectivity index is 1.60. The van der Waals surface area contributed by atoms with Gasteiger partial charge in [0.05, 0.1) is 18.8 Å². The summed E-state index contributed by atoms with van der Waals surface area (Å²) >= 11 is 0. The highest BCUT2D eigenvalue weighted by Crippen LogP contribution is 2.30. The minimum absolute atomic E-state index is 0.316.